The van der Waals surface area contributed by atoms with Crippen LogP contribution in [0.2, 0.25) is 0 Å². The molecule has 1 aliphatic heterocycles. The van der Waals surface area contributed by atoms with E-state index in [1.54, 1.807) is 0 Å². The summed E-state index contributed by atoms with van der Waals surface area (Å²) in [5, 5.41) is 4.16. The summed E-state index contributed by atoms with van der Waals surface area (Å²) in [6.07, 6.45) is 7.26. The molecule has 0 aliphatic carbocycles. The molecule has 0 radical (unpaired) electrons. The molecule has 2 N–H and O–H groups in total. The maximum absolute atomic E-state index is 5.84. The highest BCUT2D eigenvalue weighted by Gasteiger charge is 2.32. The molecule has 15 heavy (non-hydrogen) atoms. The second kappa shape index (κ2) is 4.33. The summed E-state index contributed by atoms with van der Waals surface area (Å²) in [6, 6.07) is 0. The normalized spacial score (nSPS) is 26.0. The molecule has 0 amide bonds. The van der Waals surface area contributed by atoms with Gasteiger partial charge in [-0.25, -0.2) is 0 Å². The van der Waals surface area contributed by atoms with Crippen LogP contribution in [0.4, 0.5) is 0 Å². The van der Waals surface area contributed by atoms with Crippen molar-refractivity contribution < 1.29 is 4.74 Å². The van der Waals surface area contributed by atoms with E-state index >= 15 is 0 Å². The van der Waals surface area contributed by atoms with Crippen molar-refractivity contribution in [2.24, 2.45) is 18.2 Å². The van der Waals surface area contributed by atoms with Crippen LogP contribution in [0.5, 0.6) is 0 Å². The average molecular weight is 209 g/mol. The van der Waals surface area contributed by atoms with Crippen LogP contribution < -0.4 is 5.73 Å². The maximum atomic E-state index is 5.84. The van der Waals surface area contributed by atoms with Crippen molar-refractivity contribution in [2.75, 3.05) is 19.8 Å². The summed E-state index contributed by atoms with van der Waals surface area (Å²) in [5.41, 5.74) is 7.34. The van der Waals surface area contributed by atoms with E-state index in [1.807, 2.05) is 17.9 Å². The minimum absolute atomic E-state index is 0.218. The molecular weight excluding hydrogens is 190 g/mol. The quantitative estimate of drug-likeness (QED) is 0.795. The highest BCUT2D eigenvalue weighted by molar-refractivity contribution is 5.05. The number of aromatic nitrogens is 2. The number of ether oxygens (including phenoxy) is 1. The van der Waals surface area contributed by atoms with Crippen LogP contribution in [0.25, 0.3) is 0 Å². The molecule has 1 aromatic heterocycles. The van der Waals surface area contributed by atoms with Crippen LogP contribution in [0.1, 0.15) is 18.4 Å². The van der Waals surface area contributed by atoms with Crippen LogP contribution in [-0.4, -0.2) is 29.5 Å². The van der Waals surface area contributed by atoms with Crippen molar-refractivity contribution in [2.45, 2.75) is 19.3 Å². The summed E-state index contributed by atoms with van der Waals surface area (Å²) in [4.78, 5) is 0. The highest BCUT2D eigenvalue weighted by Crippen LogP contribution is 2.32. The first kappa shape index (κ1) is 10.6. The van der Waals surface area contributed by atoms with Crippen molar-refractivity contribution in [1.82, 2.24) is 9.78 Å². The molecule has 2 rings (SSSR count). The molecule has 1 unspecified atom stereocenters. The molecule has 84 valence electrons. The van der Waals surface area contributed by atoms with Gasteiger partial charge in [-0.3, -0.25) is 4.68 Å². The summed E-state index contributed by atoms with van der Waals surface area (Å²) < 4.78 is 7.29. The molecular formula is C11H19N3O. The van der Waals surface area contributed by atoms with E-state index < -0.39 is 0 Å². The third kappa shape index (κ3) is 2.38. The zero-order valence-electron chi connectivity index (χ0n) is 9.28. The number of hydrogen-bond donors (Lipinski definition) is 1. The lowest BCUT2D eigenvalue weighted by atomic mass is 9.82. The van der Waals surface area contributed by atoms with E-state index in [2.05, 4.69) is 11.3 Å². The van der Waals surface area contributed by atoms with Crippen LogP contribution in [0.3, 0.4) is 0 Å². The molecule has 0 aromatic carbocycles. The molecule has 1 atom stereocenters. The fourth-order valence-electron chi connectivity index (χ4n) is 2.12. The lowest BCUT2D eigenvalue weighted by molar-refractivity contribution is 0.150. The maximum Gasteiger partial charge on any atom is 0.0535 e. The fraction of sp³-hybridized carbons (Fsp3) is 0.727. The minimum atomic E-state index is 0.218. The third-order valence-electron chi connectivity index (χ3n) is 3.32. The van der Waals surface area contributed by atoms with Gasteiger partial charge < -0.3 is 10.5 Å². The third-order valence-corrected chi connectivity index (χ3v) is 3.32. The lowest BCUT2D eigenvalue weighted by Crippen LogP contribution is -2.31. The lowest BCUT2D eigenvalue weighted by Gasteiger charge is -2.24. The summed E-state index contributed by atoms with van der Waals surface area (Å²) in [5.74, 6) is 0. The van der Waals surface area contributed by atoms with Gasteiger partial charge in [0.1, 0.15) is 0 Å². The number of nitrogens with zero attached hydrogens (tertiary/aromatic N) is 2. The Kier molecular flexibility index (Phi) is 3.07. The van der Waals surface area contributed by atoms with Crippen LogP contribution in [0.15, 0.2) is 12.4 Å². The molecule has 0 saturated carbocycles. The highest BCUT2D eigenvalue weighted by atomic mass is 16.5. The van der Waals surface area contributed by atoms with Crippen molar-refractivity contribution in [1.29, 1.82) is 0 Å². The van der Waals surface area contributed by atoms with Gasteiger partial charge in [0, 0.05) is 31.8 Å². The molecule has 1 aromatic rings. The van der Waals surface area contributed by atoms with Crippen molar-refractivity contribution in [3.8, 4) is 0 Å². The Labute approximate surface area is 90.4 Å². The number of hydrogen-bond acceptors (Lipinski definition) is 3. The summed E-state index contributed by atoms with van der Waals surface area (Å²) in [7, 11) is 1.95. The Morgan fingerprint density at radius 3 is 3.07 bits per heavy atom. The van der Waals surface area contributed by atoms with Crippen LogP contribution in [0, 0.1) is 5.41 Å². The predicted octanol–water partition coefficient (Wildman–Crippen LogP) is 0.718. The SMILES string of the molecule is Cn1cc(CCC2(CN)CCOC2)cn1. The van der Waals surface area contributed by atoms with E-state index in [9.17, 15) is 0 Å². The van der Waals surface area contributed by atoms with Gasteiger partial charge >= 0.3 is 0 Å². The monoisotopic (exact) mass is 209 g/mol. The second-order valence-corrected chi connectivity index (χ2v) is 4.53. The Hall–Kier alpha value is -0.870. The average Bonchev–Trinajstić information content (AvgIpc) is 2.85. The fourth-order valence-corrected chi connectivity index (χ4v) is 2.12. The molecule has 0 bridgehead atoms. The summed E-state index contributed by atoms with van der Waals surface area (Å²) in [6.45, 7) is 2.42. The predicted molar refractivity (Wildman–Crippen MR) is 58.5 cm³/mol. The molecule has 4 nitrogen and oxygen atoms in total. The van der Waals surface area contributed by atoms with Crippen molar-refractivity contribution in [3.63, 3.8) is 0 Å². The van der Waals surface area contributed by atoms with Gasteiger partial charge in [0.2, 0.25) is 0 Å². The van der Waals surface area contributed by atoms with Gasteiger partial charge in [0.05, 0.1) is 12.8 Å². The first-order valence-corrected chi connectivity index (χ1v) is 5.49. The van der Waals surface area contributed by atoms with Gasteiger partial charge in [-0.2, -0.15) is 5.10 Å². The van der Waals surface area contributed by atoms with E-state index in [0.717, 1.165) is 39.0 Å². The smallest absolute Gasteiger partial charge is 0.0535 e. The van der Waals surface area contributed by atoms with Crippen LogP contribution in [-0.2, 0) is 18.2 Å². The van der Waals surface area contributed by atoms with Crippen LogP contribution >= 0.6 is 0 Å². The molecule has 4 heteroatoms. The Bertz CT molecular complexity index is 315. The van der Waals surface area contributed by atoms with Crippen molar-refractivity contribution >= 4 is 0 Å². The summed E-state index contributed by atoms with van der Waals surface area (Å²) >= 11 is 0. The zero-order chi connectivity index (χ0) is 10.7. The standard InChI is InChI=1S/C11H19N3O/c1-14-7-10(6-13-14)2-3-11(8-12)4-5-15-9-11/h6-7H,2-5,8-9,12H2,1H3. The van der Waals surface area contributed by atoms with E-state index in [0.29, 0.717) is 0 Å². The molecule has 0 spiro atoms. The van der Waals surface area contributed by atoms with Gasteiger partial charge in [0.15, 0.2) is 0 Å². The second-order valence-electron chi connectivity index (χ2n) is 4.53. The van der Waals surface area contributed by atoms with Gasteiger partial charge in [-0.15, -0.1) is 0 Å². The van der Waals surface area contributed by atoms with Gasteiger partial charge in [-0.1, -0.05) is 0 Å². The first-order valence-electron chi connectivity index (χ1n) is 5.49. The Morgan fingerprint density at radius 2 is 2.53 bits per heavy atom. The van der Waals surface area contributed by atoms with Gasteiger partial charge in [-0.05, 0) is 24.8 Å². The zero-order valence-corrected chi connectivity index (χ0v) is 9.28. The van der Waals surface area contributed by atoms with Crippen molar-refractivity contribution in [3.05, 3.63) is 18.0 Å². The molecule has 2 heterocycles. The topological polar surface area (TPSA) is 53.1 Å². The van der Waals surface area contributed by atoms with E-state index in [-0.39, 0.29) is 5.41 Å². The van der Waals surface area contributed by atoms with E-state index in [1.165, 1.54) is 5.56 Å². The largest absolute Gasteiger partial charge is 0.381 e. The number of aryl methyl sites for hydroxylation is 2. The Morgan fingerprint density at radius 1 is 1.67 bits per heavy atom. The number of nitrogens with two attached hydrogens (primary N) is 1. The minimum Gasteiger partial charge on any atom is -0.381 e. The molecule has 1 aliphatic rings. The number of rotatable bonds is 4. The van der Waals surface area contributed by atoms with E-state index in [4.69, 9.17) is 10.5 Å². The first-order chi connectivity index (χ1) is 7.24. The van der Waals surface area contributed by atoms with Gasteiger partial charge in [0.25, 0.3) is 0 Å². The molecule has 1 fully saturated rings. The Balaban J connectivity index is 1.91. The molecule has 1 saturated heterocycles.